The van der Waals surface area contributed by atoms with Gasteiger partial charge in [-0.1, -0.05) is 14.9 Å². The molecule has 0 spiro atoms. The van der Waals surface area contributed by atoms with Crippen molar-refractivity contribution in [3.63, 3.8) is 0 Å². The number of hydrogen-bond donors (Lipinski definition) is 0. The summed E-state index contributed by atoms with van der Waals surface area (Å²) in [6.45, 7) is 21.7. The van der Waals surface area contributed by atoms with Gasteiger partial charge in [0.2, 0.25) is 0 Å². The lowest BCUT2D eigenvalue weighted by Gasteiger charge is -2.40. The molecule has 2 aliphatic rings. The maximum absolute atomic E-state index is 13.3. The summed E-state index contributed by atoms with van der Waals surface area (Å²) in [5.41, 5.74) is 1.85. The van der Waals surface area contributed by atoms with Crippen LogP contribution < -0.4 is 18.9 Å². The normalized spacial score (nSPS) is 15.6. The van der Waals surface area contributed by atoms with Crippen LogP contribution in [0, 0.1) is 5.92 Å². The summed E-state index contributed by atoms with van der Waals surface area (Å²) < 4.78 is 49.1. The predicted molar refractivity (Wildman–Crippen MR) is 243 cm³/mol. The van der Waals surface area contributed by atoms with Gasteiger partial charge in [-0.2, -0.15) is 0 Å². The molecule has 16 nitrogen and oxygen atoms in total. The van der Waals surface area contributed by atoms with Gasteiger partial charge < -0.3 is 47.5 Å². The Morgan fingerprint density at radius 3 is 1.31 bits per heavy atom. The molecule has 0 unspecified atom stereocenters. The molecule has 2 amide bonds. The summed E-state index contributed by atoms with van der Waals surface area (Å²) in [6.07, 6.45) is -1.11. The fraction of sp³-hybridized carbons (Fsp3) is 0.646. The van der Waals surface area contributed by atoms with Crippen molar-refractivity contribution in [3.05, 3.63) is 46.5 Å². The highest BCUT2D eigenvalue weighted by molar-refractivity contribution is 5.97. The largest absolute Gasteiger partial charge is 0.493 e. The highest BCUT2D eigenvalue weighted by Crippen LogP contribution is 2.43. The lowest BCUT2D eigenvalue weighted by atomic mass is 9.84. The number of carbonyl (C=O) groups is 5. The number of esters is 3. The van der Waals surface area contributed by atoms with Crippen molar-refractivity contribution in [1.29, 1.82) is 0 Å². The van der Waals surface area contributed by atoms with Crippen LogP contribution in [0.15, 0.2) is 24.3 Å². The van der Waals surface area contributed by atoms with Crippen molar-refractivity contribution < 1.29 is 66.6 Å². The first-order chi connectivity index (χ1) is 28.8. The molecule has 2 heterocycles. The Hall–Kier alpha value is -5.41. The molecule has 362 valence electrons. The molecule has 2 aromatic carbocycles. The van der Waals surface area contributed by atoms with E-state index in [0.29, 0.717) is 47.9 Å². The van der Waals surface area contributed by atoms with E-state index in [2.05, 4.69) is 0 Å². The number of nitrogens with zero attached hydrogens (tertiary/aromatic N) is 2. The van der Waals surface area contributed by atoms with Gasteiger partial charge in [-0.15, -0.1) is 0 Å². The summed E-state index contributed by atoms with van der Waals surface area (Å²) >= 11 is 0. The summed E-state index contributed by atoms with van der Waals surface area (Å²) in [5.74, 6) is -1.25. The summed E-state index contributed by atoms with van der Waals surface area (Å²) in [6, 6.07) is 5.71. The van der Waals surface area contributed by atoms with Gasteiger partial charge in [-0.25, -0.2) is 9.59 Å². The van der Waals surface area contributed by atoms with E-state index in [1.807, 2.05) is 32.9 Å². The first-order valence-electron chi connectivity index (χ1n) is 20.9. The molecule has 2 atom stereocenters. The Kier molecular flexibility index (Phi) is 21.3. The Bertz CT molecular complexity index is 1870. The number of hydrogen-bond acceptors (Lipinski definition) is 14. The molecule has 0 N–H and O–H groups in total. The predicted octanol–water partition coefficient (Wildman–Crippen LogP) is 9.21. The van der Waals surface area contributed by atoms with Crippen molar-refractivity contribution in [2.45, 2.75) is 159 Å². The van der Waals surface area contributed by atoms with Gasteiger partial charge in [0.1, 0.15) is 11.2 Å². The van der Waals surface area contributed by atoms with Crippen molar-refractivity contribution in [2.24, 2.45) is 5.92 Å². The third-order valence-corrected chi connectivity index (χ3v) is 9.44. The lowest BCUT2D eigenvalue weighted by Crippen LogP contribution is -2.50. The highest BCUT2D eigenvalue weighted by atomic mass is 16.6. The van der Waals surface area contributed by atoms with Gasteiger partial charge in [0.05, 0.1) is 65.3 Å². The molecule has 2 aliphatic heterocycles. The number of ether oxygens (including phenoxy) is 9. The van der Waals surface area contributed by atoms with E-state index in [4.69, 9.17) is 42.6 Å². The van der Waals surface area contributed by atoms with Crippen molar-refractivity contribution in [1.82, 2.24) is 9.80 Å². The van der Waals surface area contributed by atoms with Crippen LogP contribution >= 0.6 is 0 Å². The van der Waals surface area contributed by atoms with E-state index in [1.54, 1.807) is 93.6 Å². The minimum atomic E-state index is -1.42. The van der Waals surface area contributed by atoms with Crippen molar-refractivity contribution >= 4 is 30.1 Å². The third kappa shape index (κ3) is 15.4. The van der Waals surface area contributed by atoms with Crippen LogP contribution in [0.3, 0.4) is 0 Å². The second-order valence-corrected chi connectivity index (χ2v) is 17.8. The maximum atomic E-state index is 13.3. The van der Waals surface area contributed by atoms with E-state index in [0.717, 1.165) is 16.7 Å². The summed E-state index contributed by atoms with van der Waals surface area (Å²) in [4.78, 5) is 68.0. The topological polar surface area (TPSA) is 175 Å². The smallest absolute Gasteiger partial charge is 0.410 e. The number of fused-ring (bicyclic) bond motifs is 2. The lowest BCUT2D eigenvalue weighted by molar-refractivity contribution is -0.170. The molecule has 64 heavy (non-hydrogen) atoms. The van der Waals surface area contributed by atoms with E-state index in [9.17, 15) is 24.0 Å². The Labute approximate surface area is 381 Å². The van der Waals surface area contributed by atoms with Gasteiger partial charge in [0.25, 0.3) is 0 Å². The molecule has 0 aliphatic carbocycles. The molecule has 4 rings (SSSR count). The number of benzene rings is 2. The third-order valence-electron chi connectivity index (χ3n) is 9.44. The highest BCUT2D eigenvalue weighted by Gasteiger charge is 2.48. The Morgan fingerprint density at radius 2 is 0.922 bits per heavy atom. The number of rotatable bonds is 12. The van der Waals surface area contributed by atoms with E-state index in [1.165, 1.54) is 19.1 Å². The van der Waals surface area contributed by atoms with E-state index in [-0.39, 0.29) is 39.9 Å². The first kappa shape index (κ1) is 56.6. The van der Waals surface area contributed by atoms with Gasteiger partial charge in [-0.3, -0.25) is 19.3 Å². The van der Waals surface area contributed by atoms with E-state index >= 15 is 0 Å². The van der Waals surface area contributed by atoms with Crippen molar-refractivity contribution in [2.75, 3.05) is 41.5 Å². The molecule has 16 heteroatoms. The molecule has 0 aromatic heterocycles. The van der Waals surface area contributed by atoms with Gasteiger partial charge in [0, 0.05) is 13.1 Å². The van der Waals surface area contributed by atoms with Crippen LogP contribution in [0.4, 0.5) is 9.59 Å². The van der Waals surface area contributed by atoms with Crippen LogP contribution in [-0.4, -0.2) is 111 Å². The van der Waals surface area contributed by atoms with Crippen LogP contribution in [-0.2, 0) is 50.9 Å². The molecule has 0 fully saturated rings. The average Bonchev–Trinajstić information content (AvgIpc) is 3.14. The first-order valence-corrected chi connectivity index (χ1v) is 20.9. The molecular weight excluding hydrogens is 829 g/mol. The van der Waals surface area contributed by atoms with Crippen LogP contribution in [0.25, 0.3) is 0 Å². The molecule has 0 saturated carbocycles. The number of carbonyl (C=O) groups excluding carboxylic acids is 5. The van der Waals surface area contributed by atoms with Crippen LogP contribution in [0.1, 0.15) is 139 Å². The minimum Gasteiger partial charge on any atom is -0.493 e. The minimum absolute atomic E-state index is 0. The number of methoxy groups -OCH3 is 4. The SMILES string of the molecule is C.C.COc1cc2c(cc1OC)[C@@H](C(C(=O)OC(C)C)C(=O)OC(C)C)N(C(=O)OC(C)(C)C)CC2.COc1cc2c(cc1OC)[C@@H](CC(=O)OC(C)C)N(C(=O)OC(C)(C)C)CC2. The fourth-order valence-corrected chi connectivity index (χ4v) is 7.08. The van der Waals surface area contributed by atoms with Gasteiger partial charge in [-0.05, 0) is 142 Å². The fourth-order valence-electron chi connectivity index (χ4n) is 7.08. The zero-order valence-electron chi connectivity index (χ0n) is 39.4. The molecular formula is C48H76N2O14. The Morgan fingerprint density at radius 1 is 0.562 bits per heavy atom. The summed E-state index contributed by atoms with van der Waals surface area (Å²) in [7, 11) is 6.16. The quantitative estimate of drug-likeness (QED) is 0.112. The molecule has 0 bridgehead atoms. The average molecular weight is 905 g/mol. The zero-order valence-corrected chi connectivity index (χ0v) is 39.4. The van der Waals surface area contributed by atoms with Crippen LogP contribution in [0.2, 0.25) is 0 Å². The monoisotopic (exact) mass is 905 g/mol. The Balaban J connectivity index is 0.000000631. The molecule has 0 radical (unpaired) electrons. The maximum Gasteiger partial charge on any atom is 0.410 e. The summed E-state index contributed by atoms with van der Waals surface area (Å²) in [5, 5.41) is 0. The second-order valence-electron chi connectivity index (χ2n) is 17.8. The van der Waals surface area contributed by atoms with Crippen LogP contribution in [0.5, 0.6) is 23.0 Å². The molecule has 2 aromatic rings. The zero-order chi connectivity index (χ0) is 46.9. The standard InChI is InChI=1S/C25H37NO8.C21H31NO6.2CH4/c1-14(2)32-22(27)20(23(28)33-15(3)4)21-17-13-19(31-9)18(30-8)12-16(17)10-11-26(21)24(29)34-25(5,6)7;1-13(2)27-19(23)12-16-15-11-18(26-7)17(25-6)10-14(15)8-9-22(16)20(24)28-21(3,4)5;;/h12-15,20-21H,10-11H2,1-9H3;10-11,13,16H,8-9,12H2,1-7H3;2*1H4/t21-;16-;;/m01../s1. The second kappa shape index (κ2) is 24.0. The number of amides is 2. The molecule has 0 saturated heterocycles. The van der Waals surface area contributed by atoms with E-state index < -0.39 is 65.5 Å². The van der Waals surface area contributed by atoms with Crippen molar-refractivity contribution in [3.8, 4) is 23.0 Å². The van der Waals surface area contributed by atoms with Gasteiger partial charge in [0.15, 0.2) is 28.9 Å². The van der Waals surface area contributed by atoms with Gasteiger partial charge >= 0.3 is 30.1 Å².